The van der Waals surface area contributed by atoms with Gasteiger partial charge in [0.2, 0.25) is 11.2 Å². The Bertz CT molecular complexity index is 1120. The van der Waals surface area contributed by atoms with Gasteiger partial charge >= 0.3 is 0 Å². The molecule has 0 spiro atoms. The molecule has 2 aromatic carbocycles. The van der Waals surface area contributed by atoms with Gasteiger partial charge in [-0.05, 0) is 75.5 Å². The fraction of sp³-hybridized carbons (Fsp3) is 0.423. The minimum Gasteiger partial charge on any atom is -0.491 e. The van der Waals surface area contributed by atoms with Crippen molar-refractivity contribution in [2.75, 3.05) is 19.7 Å². The van der Waals surface area contributed by atoms with Crippen molar-refractivity contribution in [1.82, 2.24) is 4.90 Å². The van der Waals surface area contributed by atoms with Gasteiger partial charge in [0.05, 0.1) is 5.39 Å². The molecule has 1 aliphatic rings. The van der Waals surface area contributed by atoms with Crippen molar-refractivity contribution in [2.24, 2.45) is 0 Å². The van der Waals surface area contributed by atoms with Gasteiger partial charge in [0.15, 0.2) is 0 Å². The van der Waals surface area contributed by atoms with E-state index in [1.807, 2.05) is 32.0 Å². The van der Waals surface area contributed by atoms with Crippen LogP contribution < -0.4 is 14.9 Å². The molecule has 6 nitrogen and oxygen atoms in total. The number of aliphatic hydroxyl groups is 1. The molecular weight excluding hydrogens is 406 g/mol. The van der Waals surface area contributed by atoms with E-state index in [2.05, 4.69) is 11.8 Å². The number of hydrogen-bond donors (Lipinski definition) is 1. The highest BCUT2D eigenvalue weighted by Crippen LogP contribution is 2.25. The first-order chi connectivity index (χ1) is 15.4. The van der Waals surface area contributed by atoms with Crippen LogP contribution in [0.25, 0.3) is 11.0 Å². The normalized spacial score (nSPS) is 17.9. The van der Waals surface area contributed by atoms with Crippen LogP contribution in [0.1, 0.15) is 37.3 Å². The third-order valence-corrected chi connectivity index (χ3v) is 5.97. The Morgan fingerprint density at radius 2 is 1.91 bits per heavy atom. The topological polar surface area (TPSA) is 72.1 Å². The van der Waals surface area contributed by atoms with Gasteiger partial charge < -0.3 is 19.0 Å². The molecule has 0 radical (unpaired) electrons. The number of ether oxygens (including phenoxy) is 2. The minimum atomic E-state index is -0.577. The lowest BCUT2D eigenvalue weighted by atomic mass is 10.0. The summed E-state index contributed by atoms with van der Waals surface area (Å²) in [7, 11) is 0. The predicted molar refractivity (Wildman–Crippen MR) is 125 cm³/mol. The molecule has 0 saturated carbocycles. The molecule has 0 aliphatic carbocycles. The van der Waals surface area contributed by atoms with Crippen molar-refractivity contribution < 1.29 is 19.0 Å². The molecule has 2 unspecified atom stereocenters. The molecule has 32 heavy (non-hydrogen) atoms. The monoisotopic (exact) mass is 437 g/mol. The van der Waals surface area contributed by atoms with E-state index in [1.165, 1.54) is 25.5 Å². The minimum absolute atomic E-state index is 0.141. The molecule has 1 aromatic heterocycles. The van der Waals surface area contributed by atoms with Gasteiger partial charge in [-0.2, -0.15) is 0 Å². The first-order valence-electron chi connectivity index (χ1n) is 11.3. The summed E-state index contributed by atoms with van der Waals surface area (Å²) in [5, 5.41) is 10.8. The van der Waals surface area contributed by atoms with Gasteiger partial charge in [0.25, 0.3) is 0 Å². The molecule has 0 bridgehead atoms. The number of aryl methyl sites for hydroxylation is 2. The summed E-state index contributed by atoms with van der Waals surface area (Å²) in [5.41, 5.74) is 2.29. The summed E-state index contributed by atoms with van der Waals surface area (Å²) >= 11 is 0. The highest BCUT2D eigenvalue weighted by molar-refractivity contribution is 5.79. The molecule has 1 fully saturated rings. The largest absolute Gasteiger partial charge is 0.491 e. The molecule has 2 heterocycles. The Labute approximate surface area is 188 Å². The maximum Gasteiger partial charge on any atom is 0.235 e. The molecule has 170 valence electrons. The van der Waals surface area contributed by atoms with E-state index in [4.69, 9.17) is 13.9 Å². The summed E-state index contributed by atoms with van der Waals surface area (Å²) in [6, 6.07) is 11.4. The Kier molecular flexibility index (Phi) is 6.82. The molecule has 0 amide bonds. The van der Waals surface area contributed by atoms with E-state index in [-0.39, 0.29) is 17.8 Å². The van der Waals surface area contributed by atoms with Gasteiger partial charge in [0, 0.05) is 18.7 Å². The number of rotatable bonds is 7. The first kappa shape index (κ1) is 22.4. The lowest BCUT2D eigenvalue weighted by Crippen LogP contribution is -2.43. The summed E-state index contributed by atoms with van der Waals surface area (Å²) in [5.74, 6) is 1.29. The highest BCUT2D eigenvalue weighted by Gasteiger charge is 2.21. The quantitative estimate of drug-likeness (QED) is 0.572. The van der Waals surface area contributed by atoms with Crippen LogP contribution in [0.3, 0.4) is 0 Å². The van der Waals surface area contributed by atoms with Crippen LogP contribution >= 0.6 is 0 Å². The first-order valence-corrected chi connectivity index (χ1v) is 11.3. The second-order valence-electron chi connectivity index (χ2n) is 8.82. The van der Waals surface area contributed by atoms with E-state index < -0.39 is 6.10 Å². The van der Waals surface area contributed by atoms with Crippen LogP contribution in [0.15, 0.2) is 51.9 Å². The number of benzene rings is 2. The lowest BCUT2D eigenvalue weighted by Gasteiger charge is -2.34. The fourth-order valence-corrected chi connectivity index (χ4v) is 4.31. The lowest BCUT2D eigenvalue weighted by molar-refractivity contribution is 0.0438. The van der Waals surface area contributed by atoms with E-state index in [1.54, 1.807) is 18.2 Å². The summed E-state index contributed by atoms with van der Waals surface area (Å²) in [4.78, 5) is 15.2. The Balaban J connectivity index is 1.43. The van der Waals surface area contributed by atoms with Crippen LogP contribution in [0.5, 0.6) is 17.2 Å². The SMILES string of the molecule is Cc1cc(C)cc(Oc2coc3cc(OCC(O)CN4CCCCC4C)ccc3c2=O)c1. The van der Waals surface area contributed by atoms with Crippen molar-refractivity contribution >= 4 is 11.0 Å². The van der Waals surface area contributed by atoms with Crippen molar-refractivity contribution in [3.63, 3.8) is 0 Å². The second kappa shape index (κ2) is 9.76. The standard InChI is InChI=1S/C26H31NO5/c1-17-10-18(2)12-22(11-17)32-25-16-31-24-13-21(7-8-23(24)26(25)29)30-15-20(28)14-27-9-5-4-6-19(27)3/h7-8,10-13,16,19-20,28H,4-6,9,14-15H2,1-3H3. The van der Waals surface area contributed by atoms with Gasteiger partial charge in [-0.1, -0.05) is 12.5 Å². The molecule has 4 rings (SSSR count). The van der Waals surface area contributed by atoms with Crippen molar-refractivity contribution in [3.05, 3.63) is 64.0 Å². The third kappa shape index (κ3) is 5.31. The average Bonchev–Trinajstić information content (AvgIpc) is 2.75. The number of piperidine rings is 1. The predicted octanol–water partition coefficient (Wildman–Crippen LogP) is 4.82. The van der Waals surface area contributed by atoms with E-state index in [0.29, 0.717) is 35.1 Å². The Hall–Kier alpha value is -2.83. The molecular formula is C26H31NO5. The van der Waals surface area contributed by atoms with Gasteiger partial charge in [0.1, 0.15) is 36.1 Å². The van der Waals surface area contributed by atoms with Crippen molar-refractivity contribution in [3.8, 4) is 17.2 Å². The second-order valence-corrected chi connectivity index (χ2v) is 8.82. The van der Waals surface area contributed by atoms with Crippen molar-refractivity contribution in [2.45, 2.75) is 52.2 Å². The number of fused-ring (bicyclic) bond motifs is 1. The smallest absolute Gasteiger partial charge is 0.235 e. The summed E-state index contributed by atoms with van der Waals surface area (Å²) < 4.78 is 17.2. The van der Waals surface area contributed by atoms with Crippen LogP contribution in [-0.4, -0.2) is 41.8 Å². The van der Waals surface area contributed by atoms with Crippen LogP contribution in [0, 0.1) is 13.8 Å². The zero-order chi connectivity index (χ0) is 22.7. The van der Waals surface area contributed by atoms with Gasteiger partial charge in [-0.15, -0.1) is 0 Å². The number of aliphatic hydroxyl groups excluding tert-OH is 1. The highest BCUT2D eigenvalue weighted by atomic mass is 16.5. The van der Waals surface area contributed by atoms with Crippen LogP contribution in [0.2, 0.25) is 0 Å². The van der Waals surface area contributed by atoms with Gasteiger partial charge in [-0.3, -0.25) is 9.69 Å². The summed E-state index contributed by atoms with van der Waals surface area (Å²) in [6.45, 7) is 7.97. The average molecular weight is 438 g/mol. The fourth-order valence-electron chi connectivity index (χ4n) is 4.31. The molecule has 1 aliphatic heterocycles. The molecule has 6 heteroatoms. The van der Waals surface area contributed by atoms with Crippen LogP contribution in [-0.2, 0) is 0 Å². The number of nitrogens with zero attached hydrogens (tertiary/aromatic N) is 1. The molecule has 3 aromatic rings. The molecule has 1 N–H and O–H groups in total. The van der Waals surface area contributed by atoms with E-state index in [0.717, 1.165) is 17.7 Å². The van der Waals surface area contributed by atoms with E-state index >= 15 is 0 Å². The third-order valence-electron chi connectivity index (χ3n) is 5.97. The summed E-state index contributed by atoms with van der Waals surface area (Å²) in [6.07, 6.45) is 4.36. The zero-order valence-electron chi connectivity index (χ0n) is 19.0. The molecule has 1 saturated heterocycles. The number of β-amino-alcohol motifs (C(OH)–C–C–N with tert-alkyl or cyclic N) is 1. The number of hydrogen-bond acceptors (Lipinski definition) is 6. The Morgan fingerprint density at radius 3 is 2.66 bits per heavy atom. The number of likely N-dealkylation sites (tertiary alicyclic amines) is 1. The van der Waals surface area contributed by atoms with Crippen LogP contribution in [0.4, 0.5) is 0 Å². The van der Waals surface area contributed by atoms with Gasteiger partial charge in [-0.25, -0.2) is 0 Å². The maximum absolute atomic E-state index is 12.9. The van der Waals surface area contributed by atoms with Crippen molar-refractivity contribution in [1.29, 1.82) is 0 Å². The molecule has 2 atom stereocenters. The maximum atomic E-state index is 12.9. The zero-order valence-corrected chi connectivity index (χ0v) is 19.0. The van der Waals surface area contributed by atoms with E-state index in [9.17, 15) is 9.90 Å². The Morgan fingerprint density at radius 1 is 1.12 bits per heavy atom.